The van der Waals surface area contributed by atoms with Gasteiger partial charge in [-0.2, -0.15) is 0 Å². The average molecular weight is 707 g/mol. The van der Waals surface area contributed by atoms with Crippen LogP contribution < -0.4 is 9.64 Å². The minimum Gasteiger partial charge on any atom is -0.454 e. The first-order valence-corrected chi connectivity index (χ1v) is 18.3. The lowest BCUT2D eigenvalue weighted by Gasteiger charge is -2.33. The molecule has 1 aliphatic rings. The molecule has 2 aromatic heterocycles. The van der Waals surface area contributed by atoms with Crippen molar-refractivity contribution in [2.45, 2.75) is 0 Å². The zero-order chi connectivity index (χ0) is 36.3. The minimum absolute atomic E-state index is 0.628. The lowest BCUT2D eigenvalue weighted by molar-refractivity contribution is 0.482. The summed E-state index contributed by atoms with van der Waals surface area (Å²) in [6.45, 7) is 0. The van der Waals surface area contributed by atoms with Gasteiger partial charge in [0, 0.05) is 38.5 Å². The molecule has 0 fully saturated rings. The van der Waals surface area contributed by atoms with Gasteiger partial charge in [-0.15, -0.1) is 0 Å². The predicted octanol–water partition coefficient (Wildman–Crippen LogP) is 13.2. The first-order valence-electron chi connectivity index (χ1n) is 18.3. The van der Waals surface area contributed by atoms with E-state index >= 15 is 0 Å². The van der Waals surface area contributed by atoms with Crippen molar-refractivity contribution < 1.29 is 9.15 Å². The van der Waals surface area contributed by atoms with E-state index in [2.05, 4.69) is 95.9 Å². The Labute approximate surface area is 316 Å². The summed E-state index contributed by atoms with van der Waals surface area (Å²) in [6.07, 6.45) is 0. The van der Waals surface area contributed by atoms with Gasteiger partial charge in [0.15, 0.2) is 34.6 Å². The second-order valence-corrected chi connectivity index (χ2v) is 13.6. The third-order valence-corrected chi connectivity index (χ3v) is 10.3. The number of aromatic nitrogens is 3. The molecular weight excluding hydrogens is 677 g/mol. The highest BCUT2D eigenvalue weighted by Crippen LogP contribution is 2.57. The van der Waals surface area contributed by atoms with Gasteiger partial charge in [-0.25, -0.2) is 15.0 Å². The lowest BCUT2D eigenvalue weighted by atomic mass is 9.98. The van der Waals surface area contributed by atoms with Gasteiger partial charge >= 0.3 is 0 Å². The molecule has 0 aliphatic carbocycles. The Hall–Kier alpha value is -7.57. The van der Waals surface area contributed by atoms with Crippen LogP contribution in [0.3, 0.4) is 0 Å². The molecule has 55 heavy (non-hydrogen) atoms. The highest BCUT2D eigenvalue weighted by atomic mass is 16.5. The quantitative estimate of drug-likeness (QED) is 0.177. The Morgan fingerprint density at radius 2 is 0.891 bits per heavy atom. The van der Waals surface area contributed by atoms with Gasteiger partial charge in [0.1, 0.15) is 11.3 Å². The van der Waals surface area contributed by atoms with Crippen LogP contribution in [-0.4, -0.2) is 15.0 Å². The molecule has 0 radical (unpaired) electrons. The summed E-state index contributed by atoms with van der Waals surface area (Å²) in [7, 11) is 0. The Balaban J connectivity index is 0.996. The second-order valence-electron chi connectivity index (χ2n) is 13.6. The van der Waals surface area contributed by atoms with Crippen LogP contribution in [-0.2, 0) is 0 Å². The maximum atomic E-state index is 6.74. The van der Waals surface area contributed by atoms with E-state index < -0.39 is 0 Å². The zero-order valence-corrected chi connectivity index (χ0v) is 29.4. The summed E-state index contributed by atoms with van der Waals surface area (Å²) >= 11 is 0. The Morgan fingerprint density at radius 1 is 0.400 bits per heavy atom. The second kappa shape index (κ2) is 12.5. The number of furan rings is 1. The van der Waals surface area contributed by atoms with Crippen molar-refractivity contribution in [1.29, 1.82) is 0 Å². The lowest BCUT2D eigenvalue weighted by Crippen LogP contribution is -2.16. The smallest absolute Gasteiger partial charge is 0.164 e. The van der Waals surface area contributed by atoms with Crippen LogP contribution in [0.15, 0.2) is 186 Å². The van der Waals surface area contributed by atoms with Gasteiger partial charge in [-0.1, -0.05) is 152 Å². The van der Waals surface area contributed by atoms with Crippen molar-refractivity contribution in [3.05, 3.63) is 182 Å². The van der Waals surface area contributed by atoms with Crippen molar-refractivity contribution in [1.82, 2.24) is 15.0 Å². The van der Waals surface area contributed by atoms with Crippen LogP contribution >= 0.6 is 0 Å². The molecule has 0 bridgehead atoms. The summed E-state index contributed by atoms with van der Waals surface area (Å²) in [5, 5.41) is 4.31. The fourth-order valence-corrected chi connectivity index (χ4v) is 7.69. The summed E-state index contributed by atoms with van der Waals surface area (Å²) in [6, 6.07) is 62.0. The number of fused-ring (bicyclic) bond motifs is 9. The maximum absolute atomic E-state index is 6.74. The van der Waals surface area contributed by atoms with Crippen LogP contribution in [0.25, 0.3) is 78.0 Å². The number of benzene rings is 8. The highest BCUT2D eigenvalue weighted by molar-refractivity contribution is 6.25. The van der Waals surface area contributed by atoms with Gasteiger partial charge in [0.05, 0.1) is 5.69 Å². The molecule has 11 rings (SSSR count). The summed E-state index contributed by atoms with van der Waals surface area (Å²) in [5.74, 6) is 3.49. The number of para-hydroxylation sites is 3. The third kappa shape index (κ3) is 5.15. The fourth-order valence-electron chi connectivity index (χ4n) is 7.69. The monoisotopic (exact) mass is 706 g/mol. The largest absolute Gasteiger partial charge is 0.454 e. The molecule has 6 nitrogen and oxygen atoms in total. The van der Waals surface area contributed by atoms with E-state index in [4.69, 9.17) is 24.1 Å². The maximum Gasteiger partial charge on any atom is 0.164 e. The van der Waals surface area contributed by atoms with Gasteiger partial charge in [-0.05, 0) is 46.8 Å². The summed E-state index contributed by atoms with van der Waals surface area (Å²) < 4.78 is 13.4. The molecule has 8 aromatic carbocycles. The van der Waals surface area contributed by atoms with Crippen molar-refractivity contribution in [2.75, 3.05) is 4.90 Å². The molecule has 3 heterocycles. The summed E-state index contributed by atoms with van der Waals surface area (Å²) in [5.41, 5.74) is 9.47. The number of rotatable bonds is 5. The molecule has 6 heteroatoms. The first kappa shape index (κ1) is 31.0. The SMILES string of the molecule is c1ccc(-c2nc(-c3ccccc3)nc(-c3ccc(-c4ccc(N5c6ccccc6Oc6c5c5oc7ccccc7c5c5ccccc65)cc4)cc3)n2)cc1. The minimum atomic E-state index is 0.628. The molecule has 0 spiro atoms. The molecule has 258 valence electrons. The average Bonchev–Trinajstić information content (AvgIpc) is 3.66. The zero-order valence-electron chi connectivity index (χ0n) is 29.4. The van der Waals surface area contributed by atoms with E-state index in [-0.39, 0.29) is 0 Å². The number of anilines is 3. The molecule has 0 saturated heterocycles. The fraction of sp³-hybridized carbons (Fsp3) is 0. The topological polar surface area (TPSA) is 64.3 Å². The Morgan fingerprint density at radius 3 is 1.55 bits per heavy atom. The molecule has 1 aliphatic heterocycles. The number of ether oxygens (including phenoxy) is 1. The van der Waals surface area contributed by atoms with Gasteiger partial charge < -0.3 is 14.1 Å². The molecule has 10 aromatic rings. The third-order valence-electron chi connectivity index (χ3n) is 10.3. The number of hydrogen-bond donors (Lipinski definition) is 0. The molecule has 0 N–H and O–H groups in total. The highest BCUT2D eigenvalue weighted by Gasteiger charge is 2.32. The molecule has 0 saturated carbocycles. The number of nitrogens with zero attached hydrogens (tertiary/aromatic N) is 4. The van der Waals surface area contributed by atoms with E-state index in [1.165, 1.54) is 0 Å². The Bertz CT molecular complexity index is 2990. The normalized spacial score (nSPS) is 12.1. The van der Waals surface area contributed by atoms with Crippen LogP contribution in [0.4, 0.5) is 17.1 Å². The molecule has 0 unspecified atom stereocenters. The van der Waals surface area contributed by atoms with Crippen molar-refractivity contribution in [2.24, 2.45) is 0 Å². The van der Waals surface area contributed by atoms with Crippen molar-refractivity contribution >= 4 is 49.8 Å². The van der Waals surface area contributed by atoms with E-state index in [0.717, 1.165) is 89.1 Å². The van der Waals surface area contributed by atoms with Crippen LogP contribution in [0.2, 0.25) is 0 Å². The number of hydrogen-bond acceptors (Lipinski definition) is 6. The van der Waals surface area contributed by atoms with Crippen molar-refractivity contribution in [3.63, 3.8) is 0 Å². The van der Waals surface area contributed by atoms with Gasteiger partial charge in [0.2, 0.25) is 0 Å². The predicted molar refractivity (Wildman–Crippen MR) is 221 cm³/mol. The van der Waals surface area contributed by atoms with Gasteiger partial charge in [-0.3, -0.25) is 0 Å². The molecular formula is C49H30N4O2. The first-order chi connectivity index (χ1) is 27.3. The van der Waals surface area contributed by atoms with E-state index in [0.29, 0.717) is 17.5 Å². The standard InChI is InChI=1S/C49H30N4O2/c1-3-13-33(14-4-1)47-50-48(34-15-5-2-6-16-34)52-49(51-47)35-25-23-31(24-26-35)32-27-29-36(30-28-32)53-40-20-10-12-22-42(40)55-45-38-18-8-7-17-37(38)43-39-19-9-11-21-41(39)54-46(43)44(45)53/h1-30H. The summed E-state index contributed by atoms with van der Waals surface area (Å²) in [4.78, 5) is 16.9. The van der Waals surface area contributed by atoms with E-state index in [1.54, 1.807) is 0 Å². The molecule has 0 atom stereocenters. The van der Waals surface area contributed by atoms with Crippen LogP contribution in [0.1, 0.15) is 0 Å². The van der Waals surface area contributed by atoms with E-state index in [1.807, 2.05) is 91.0 Å². The Kier molecular flexibility index (Phi) is 7.07. The van der Waals surface area contributed by atoms with Gasteiger partial charge in [0.25, 0.3) is 0 Å². The van der Waals surface area contributed by atoms with Crippen molar-refractivity contribution in [3.8, 4) is 56.8 Å². The van der Waals surface area contributed by atoms with Crippen LogP contribution in [0, 0.1) is 0 Å². The van der Waals surface area contributed by atoms with E-state index in [9.17, 15) is 0 Å². The molecule has 0 amide bonds. The van der Waals surface area contributed by atoms with Crippen LogP contribution in [0.5, 0.6) is 11.5 Å².